The molecule has 14 heavy (non-hydrogen) atoms. The summed E-state index contributed by atoms with van der Waals surface area (Å²) in [6, 6.07) is 6.93. The second-order valence-corrected chi connectivity index (χ2v) is 4.56. The predicted molar refractivity (Wildman–Crippen MR) is 53.8 cm³/mol. The molecule has 1 saturated carbocycles. The van der Waals surface area contributed by atoms with Crippen LogP contribution in [0.25, 0.3) is 0 Å². The van der Waals surface area contributed by atoms with E-state index in [9.17, 15) is 10.2 Å². The number of aliphatic hydroxyl groups is 1. The van der Waals surface area contributed by atoms with Crippen LogP contribution in [0.5, 0.6) is 5.75 Å². The van der Waals surface area contributed by atoms with Crippen LogP contribution in [-0.2, 0) is 5.54 Å². The summed E-state index contributed by atoms with van der Waals surface area (Å²) in [5.74, 6) is 0.221. The van der Waals surface area contributed by atoms with Gasteiger partial charge in [-0.3, -0.25) is 0 Å². The topological polar surface area (TPSA) is 66.5 Å². The van der Waals surface area contributed by atoms with Crippen molar-refractivity contribution >= 4 is 0 Å². The van der Waals surface area contributed by atoms with Crippen LogP contribution in [0.1, 0.15) is 25.3 Å². The molecule has 1 aliphatic carbocycles. The number of rotatable bonds is 1. The third kappa shape index (κ3) is 1.49. The normalized spacial score (nSPS) is 36.5. The Hall–Kier alpha value is -1.06. The van der Waals surface area contributed by atoms with Gasteiger partial charge in [-0.1, -0.05) is 12.1 Å². The van der Waals surface area contributed by atoms with Gasteiger partial charge in [0.15, 0.2) is 0 Å². The molecule has 0 amide bonds. The van der Waals surface area contributed by atoms with Crippen molar-refractivity contribution in [1.29, 1.82) is 0 Å². The summed E-state index contributed by atoms with van der Waals surface area (Å²) in [4.78, 5) is 0. The van der Waals surface area contributed by atoms with Gasteiger partial charge in [-0.05, 0) is 37.5 Å². The summed E-state index contributed by atoms with van der Waals surface area (Å²) in [5.41, 5.74) is 5.87. The van der Waals surface area contributed by atoms with Crippen molar-refractivity contribution in [3.8, 4) is 5.75 Å². The number of hydrogen-bond acceptors (Lipinski definition) is 3. The molecule has 76 valence electrons. The molecule has 0 saturated heterocycles. The van der Waals surface area contributed by atoms with Gasteiger partial charge < -0.3 is 15.9 Å². The standard InChI is InChI=1S/C11H15NO2/c1-10(14)6-11(12,7-10)8-3-2-4-9(13)5-8/h2-5,13-14H,6-7,12H2,1H3. The van der Waals surface area contributed by atoms with Crippen molar-refractivity contribution < 1.29 is 10.2 Å². The molecule has 0 aliphatic heterocycles. The first-order valence-electron chi connectivity index (χ1n) is 4.72. The lowest BCUT2D eigenvalue weighted by atomic mass is 9.63. The highest BCUT2D eigenvalue weighted by atomic mass is 16.3. The maximum Gasteiger partial charge on any atom is 0.115 e. The fraction of sp³-hybridized carbons (Fsp3) is 0.455. The lowest BCUT2D eigenvalue weighted by Gasteiger charge is -2.49. The Labute approximate surface area is 83.2 Å². The van der Waals surface area contributed by atoms with E-state index in [1.165, 1.54) is 0 Å². The summed E-state index contributed by atoms with van der Waals surface area (Å²) in [5, 5.41) is 18.9. The minimum atomic E-state index is -0.653. The van der Waals surface area contributed by atoms with Crippen molar-refractivity contribution in [1.82, 2.24) is 0 Å². The van der Waals surface area contributed by atoms with E-state index in [1.807, 2.05) is 6.07 Å². The molecule has 1 fully saturated rings. The Morgan fingerprint density at radius 2 is 2.00 bits per heavy atom. The lowest BCUT2D eigenvalue weighted by molar-refractivity contribution is -0.0739. The molecule has 0 spiro atoms. The fourth-order valence-electron chi connectivity index (χ4n) is 2.33. The summed E-state index contributed by atoms with van der Waals surface area (Å²) in [7, 11) is 0. The second-order valence-electron chi connectivity index (χ2n) is 4.56. The number of hydrogen-bond donors (Lipinski definition) is 3. The maximum absolute atomic E-state index is 9.64. The Balaban J connectivity index is 2.25. The SMILES string of the molecule is CC1(O)CC(N)(c2cccc(O)c2)C1. The van der Waals surface area contributed by atoms with E-state index in [-0.39, 0.29) is 5.75 Å². The number of phenols is 1. The first-order valence-corrected chi connectivity index (χ1v) is 4.72. The zero-order chi connectivity index (χ0) is 10.4. The van der Waals surface area contributed by atoms with Gasteiger partial charge in [0.25, 0.3) is 0 Å². The van der Waals surface area contributed by atoms with Gasteiger partial charge in [-0.2, -0.15) is 0 Å². The van der Waals surface area contributed by atoms with E-state index in [1.54, 1.807) is 25.1 Å². The van der Waals surface area contributed by atoms with E-state index < -0.39 is 11.1 Å². The molecular weight excluding hydrogens is 178 g/mol. The van der Waals surface area contributed by atoms with Crippen molar-refractivity contribution in [2.45, 2.75) is 30.9 Å². The van der Waals surface area contributed by atoms with Gasteiger partial charge in [-0.25, -0.2) is 0 Å². The quantitative estimate of drug-likeness (QED) is 0.625. The third-order valence-corrected chi connectivity index (χ3v) is 2.81. The van der Waals surface area contributed by atoms with Crippen LogP contribution in [0.2, 0.25) is 0 Å². The van der Waals surface area contributed by atoms with E-state index in [0.29, 0.717) is 12.8 Å². The van der Waals surface area contributed by atoms with Gasteiger partial charge in [0.1, 0.15) is 5.75 Å². The van der Waals surface area contributed by atoms with Gasteiger partial charge in [0.2, 0.25) is 0 Å². The van der Waals surface area contributed by atoms with Crippen LogP contribution in [-0.4, -0.2) is 15.8 Å². The molecule has 0 aromatic heterocycles. The summed E-state index contributed by atoms with van der Waals surface area (Å²) < 4.78 is 0. The highest BCUT2D eigenvalue weighted by molar-refractivity contribution is 5.35. The Morgan fingerprint density at radius 3 is 2.50 bits per heavy atom. The van der Waals surface area contributed by atoms with Crippen LogP contribution in [0.3, 0.4) is 0 Å². The zero-order valence-corrected chi connectivity index (χ0v) is 8.20. The lowest BCUT2D eigenvalue weighted by Crippen LogP contribution is -2.58. The molecule has 0 unspecified atom stereocenters. The van der Waals surface area contributed by atoms with Crippen LogP contribution in [0, 0.1) is 0 Å². The first-order chi connectivity index (χ1) is 6.41. The van der Waals surface area contributed by atoms with Crippen molar-refractivity contribution in [3.05, 3.63) is 29.8 Å². The van der Waals surface area contributed by atoms with Crippen LogP contribution in [0.15, 0.2) is 24.3 Å². The van der Waals surface area contributed by atoms with Crippen molar-refractivity contribution in [3.63, 3.8) is 0 Å². The Kier molecular flexibility index (Phi) is 1.84. The highest BCUT2D eigenvalue weighted by Gasteiger charge is 2.49. The molecule has 0 radical (unpaired) electrons. The fourth-order valence-corrected chi connectivity index (χ4v) is 2.33. The minimum absolute atomic E-state index is 0.221. The van der Waals surface area contributed by atoms with Crippen molar-refractivity contribution in [2.75, 3.05) is 0 Å². The highest BCUT2D eigenvalue weighted by Crippen LogP contribution is 2.46. The largest absolute Gasteiger partial charge is 0.508 e. The molecule has 1 aromatic carbocycles. The first kappa shape index (κ1) is 9.49. The van der Waals surface area contributed by atoms with E-state index in [4.69, 9.17) is 5.73 Å². The molecule has 4 N–H and O–H groups in total. The molecule has 3 heteroatoms. The summed E-state index contributed by atoms with van der Waals surface area (Å²) >= 11 is 0. The molecule has 0 bridgehead atoms. The van der Waals surface area contributed by atoms with Gasteiger partial charge in [0.05, 0.1) is 5.60 Å². The minimum Gasteiger partial charge on any atom is -0.508 e. The summed E-state index contributed by atoms with van der Waals surface area (Å²) in [6.07, 6.45) is 1.09. The molecule has 3 nitrogen and oxygen atoms in total. The number of phenolic OH excluding ortho intramolecular Hbond substituents is 1. The van der Waals surface area contributed by atoms with E-state index in [2.05, 4.69) is 0 Å². The van der Waals surface area contributed by atoms with Gasteiger partial charge in [-0.15, -0.1) is 0 Å². The smallest absolute Gasteiger partial charge is 0.115 e. The van der Waals surface area contributed by atoms with E-state index in [0.717, 1.165) is 5.56 Å². The monoisotopic (exact) mass is 193 g/mol. The third-order valence-electron chi connectivity index (χ3n) is 2.81. The number of aromatic hydroxyl groups is 1. The van der Waals surface area contributed by atoms with Gasteiger partial charge >= 0.3 is 0 Å². The average molecular weight is 193 g/mol. The second kappa shape index (κ2) is 2.72. The van der Waals surface area contributed by atoms with Crippen LogP contribution >= 0.6 is 0 Å². The maximum atomic E-state index is 9.64. The average Bonchev–Trinajstić information content (AvgIpc) is 2.00. The van der Waals surface area contributed by atoms with Crippen LogP contribution in [0.4, 0.5) is 0 Å². The Bertz CT molecular complexity index is 352. The molecule has 0 heterocycles. The number of benzene rings is 1. The molecule has 2 rings (SSSR count). The predicted octanol–water partition coefficient (Wildman–Crippen LogP) is 1.09. The summed E-state index contributed by atoms with van der Waals surface area (Å²) in [6.45, 7) is 1.78. The van der Waals surface area contributed by atoms with Gasteiger partial charge in [0, 0.05) is 5.54 Å². The molecule has 1 aromatic rings. The van der Waals surface area contributed by atoms with Crippen molar-refractivity contribution in [2.24, 2.45) is 5.73 Å². The molecule has 1 aliphatic rings. The van der Waals surface area contributed by atoms with Crippen LogP contribution < -0.4 is 5.73 Å². The number of nitrogens with two attached hydrogens (primary N) is 1. The molecular formula is C11H15NO2. The Morgan fingerprint density at radius 1 is 1.36 bits per heavy atom. The molecule has 0 atom stereocenters. The van der Waals surface area contributed by atoms with E-state index >= 15 is 0 Å². The zero-order valence-electron chi connectivity index (χ0n) is 8.20.